The minimum atomic E-state index is -3.92. The summed E-state index contributed by atoms with van der Waals surface area (Å²) < 4.78 is 36.2. The molecule has 0 aliphatic carbocycles. The minimum Gasteiger partial charge on any atom is -0.486 e. The SMILES string of the molecule is Cc1ccc(S(=O)(=O)/C(C#N)=C/c2cc(Cl)c3c(c2)OCCO3)cc1. The lowest BCUT2D eigenvalue weighted by molar-refractivity contribution is 0.171. The van der Waals surface area contributed by atoms with Crippen molar-refractivity contribution in [2.75, 3.05) is 13.2 Å². The number of fused-ring (bicyclic) bond motifs is 1. The van der Waals surface area contributed by atoms with Gasteiger partial charge in [-0.1, -0.05) is 29.3 Å². The molecule has 2 aromatic carbocycles. The molecule has 0 radical (unpaired) electrons. The van der Waals surface area contributed by atoms with Crippen LogP contribution < -0.4 is 9.47 Å². The lowest BCUT2D eigenvalue weighted by Crippen LogP contribution is -2.15. The molecule has 5 nitrogen and oxygen atoms in total. The van der Waals surface area contributed by atoms with Gasteiger partial charge in [-0.25, -0.2) is 8.42 Å². The molecule has 0 amide bonds. The maximum Gasteiger partial charge on any atom is 0.216 e. The molecule has 0 atom stereocenters. The fraction of sp³-hybridized carbons (Fsp3) is 0.167. The molecule has 2 aromatic rings. The average molecular weight is 376 g/mol. The summed E-state index contributed by atoms with van der Waals surface area (Å²) in [4.78, 5) is -0.307. The molecule has 0 aromatic heterocycles. The molecule has 0 saturated heterocycles. The first-order valence-electron chi connectivity index (χ1n) is 7.44. The van der Waals surface area contributed by atoms with Crippen LogP contribution in [0.4, 0.5) is 0 Å². The largest absolute Gasteiger partial charge is 0.486 e. The van der Waals surface area contributed by atoms with Crippen LogP contribution in [0.15, 0.2) is 46.2 Å². The van der Waals surface area contributed by atoms with Crippen LogP contribution in [0, 0.1) is 18.3 Å². The Morgan fingerprint density at radius 1 is 1.20 bits per heavy atom. The van der Waals surface area contributed by atoms with E-state index >= 15 is 0 Å². The second kappa shape index (κ2) is 6.79. The number of hydrogen-bond acceptors (Lipinski definition) is 5. The Morgan fingerprint density at radius 2 is 1.88 bits per heavy atom. The molecular formula is C18H14ClNO4S. The lowest BCUT2D eigenvalue weighted by atomic mass is 10.2. The van der Waals surface area contributed by atoms with Crippen LogP contribution >= 0.6 is 11.6 Å². The van der Waals surface area contributed by atoms with Gasteiger partial charge in [-0.05, 0) is 42.8 Å². The third-order valence-electron chi connectivity index (χ3n) is 3.65. The molecule has 0 N–H and O–H groups in total. The molecule has 25 heavy (non-hydrogen) atoms. The lowest BCUT2D eigenvalue weighted by Gasteiger charge is -2.19. The monoisotopic (exact) mass is 375 g/mol. The van der Waals surface area contributed by atoms with E-state index in [1.165, 1.54) is 24.3 Å². The van der Waals surface area contributed by atoms with Crippen molar-refractivity contribution in [2.24, 2.45) is 0 Å². The van der Waals surface area contributed by atoms with Crippen molar-refractivity contribution in [1.82, 2.24) is 0 Å². The predicted octanol–water partition coefficient (Wildman–Crippen LogP) is 3.76. The molecule has 0 spiro atoms. The number of nitriles is 1. The Bertz CT molecular complexity index is 989. The van der Waals surface area contributed by atoms with Crippen molar-refractivity contribution in [1.29, 1.82) is 5.26 Å². The topological polar surface area (TPSA) is 76.4 Å². The molecule has 128 valence electrons. The van der Waals surface area contributed by atoms with E-state index in [1.807, 2.05) is 6.92 Å². The first-order chi connectivity index (χ1) is 11.9. The van der Waals surface area contributed by atoms with Gasteiger partial charge in [0.05, 0.1) is 9.92 Å². The minimum absolute atomic E-state index is 0.0644. The summed E-state index contributed by atoms with van der Waals surface area (Å²) in [5.74, 6) is 0.847. The van der Waals surface area contributed by atoms with Gasteiger partial charge in [-0.2, -0.15) is 5.26 Å². The van der Waals surface area contributed by atoms with E-state index in [2.05, 4.69) is 0 Å². The van der Waals surface area contributed by atoms with Crippen molar-refractivity contribution < 1.29 is 17.9 Å². The van der Waals surface area contributed by atoms with Crippen LogP contribution in [-0.4, -0.2) is 21.6 Å². The first kappa shape index (κ1) is 17.3. The highest BCUT2D eigenvalue weighted by atomic mass is 35.5. The van der Waals surface area contributed by atoms with Gasteiger partial charge in [0, 0.05) is 0 Å². The van der Waals surface area contributed by atoms with Gasteiger partial charge in [0.25, 0.3) is 0 Å². The molecular weight excluding hydrogens is 362 g/mol. The molecule has 0 fully saturated rings. The van der Waals surface area contributed by atoms with Gasteiger partial charge in [0.15, 0.2) is 11.5 Å². The second-order valence-electron chi connectivity index (χ2n) is 5.46. The van der Waals surface area contributed by atoms with E-state index in [9.17, 15) is 13.7 Å². The first-order valence-corrected chi connectivity index (χ1v) is 9.30. The zero-order valence-corrected chi connectivity index (χ0v) is 14.9. The van der Waals surface area contributed by atoms with E-state index in [-0.39, 0.29) is 9.80 Å². The van der Waals surface area contributed by atoms with Crippen molar-refractivity contribution in [3.63, 3.8) is 0 Å². The quantitative estimate of drug-likeness (QED) is 0.763. The van der Waals surface area contributed by atoms with E-state index in [1.54, 1.807) is 24.3 Å². The van der Waals surface area contributed by atoms with Crippen LogP contribution in [0.1, 0.15) is 11.1 Å². The summed E-state index contributed by atoms with van der Waals surface area (Å²) in [6.07, 6.45) is 1.28. The number of sulfone groups is 1. The Labute approximate surface area is 151 Å². The number of nitrogens with zero attached hydrogens (tertiary/aromatic N) is 1. The number of rotatable bonds is 3. The molecule has 3 rings (SSSR count). The number of allylic oxidation sites excluding steroid dienone is 1. The fourth-order valence-electron chi connectivity index (χ4n) is 2.38. The summed E-state index contributed by atoms with van der Waals surface area (Å²) >= 11 is 6.16. The number of benzene rings is 2. The van der Waals surface area contributed by atoms with Gasteiger partial charge >= 0.3 is 0 Å². The van der Waals surface area contributed by atoms with E-state index in [0.29, 0.717) is 35.3 Å². The van der Waals surface area contributed by atoms with Crippen LogP contribution in [0.3, 0.4) is 0 Å². The van der Waals surface area contributed by atoms with Crippen molar-refractivity contribution in [3.05, 3.63) is 57.5 Å². The summed E-state index contributed by atoms with van der Waals surface area (Å²) in [6, 6.07) is 11.2. The van der Waals surface area contributed by atoms with Gasteiger partial charge in [-0.3, -0.25) is 0 Å². The number of ether oxygens (including phenoxy) is 2. The Morgan fingerprint density at radius 3 is 2.56 bits per heavy atom. The highest BCUT2D eigenvalue weighted by Gasteiger charge is 2.22. The van der Waals surface area contributed by atoms with Gasteiger partial charge in [0.2, 0.25) is 9.84 Å². The molecule has 1 aliphatic rings. The maximum absolute atomic E-state index is 12.7. The Balaban J connectivity index is 2.05. The molecule has 1 heterocycles. The fourth-order valence-corrected chi connectivity index (χ4v) is 3.81. The summed E-state index contributed by atoms with van der Waals surface area (Å²) in [6.45, 7) is 2.63. The maximum atomic E-state index is 12.7. The van der Waals surface area contributed by atoms with E-state index < -0.39 is 9.84 Å². The molecule has 0 bridgehead atoms. The highest BCUT2D eigenvalue weighted by Crippen LogP contribution is 2.39. The van der Waals surface area contributed by atoms with E-state index in [4.69, 9.17) is 21.1 Å². The second-order valence-corrected chi connectivity index (χ2v) is 7.79. The summed E-state index contributed by atoms with van der Waals surface area (Å²) in [5.41, 5.74) is 1.38. The zero-order valence-electron chi connectivity index (χ0n) is 13.3. The average Bonchev–Trinajstić information content (AvgIpc) is 2.60. The number of aryl methyl sites for hydroxylation is 1. The van der Waals surface area contributed by atoms with Crippen molar-refractivity contribution >= 4 is 27.5 Å². The molecule has 0 unspecified atom stereocenters. The zero-order chi connectivity index (χ0) is 18.0. The summed E-state index contributed by atoms with van der Waals surface area (Å²) in [7, 11) is -3.92. The van der Waals surface area contributed by atoms with Crippen molar-refractivity contribution in [2.45, 2.75) is 11.8 Å². The Hall–Kier alpha value is -2.49. The molecule has 0 saturated carbocycles. The number of hydrogen-bond donors (Lipinski definition) is 0. The molecule has 1 aliphatic heterocycles. The summed E-state index contributed by atoms with van der Waals surface area (Å²) in [5, 5.41) is 9.66. The van der Waals surface area contributed by atoms with Gasteiger partial charge in [-0.15, -0.1) is 0 Å². The van der Waals surface area contributed by atoms with Crippen molar-refractivity contribution in [3.8, 4) is 17.6 Å². The normalized spacial score (nSPS) is 14.0. The van der Waals surface area contributed by atoms with E-state index in [0.717, 1.165) is 5.56 Å². The standard InChI is InChI=1S/C18H14ClNO4S/c1-12-2-4-14(5-3-12)25(21,22)15(11-20)8-13-9-16(19)18-17(10-13)23-6-7-24-18/h2-5,8-10H,6-7H2,1H3/b15-8+. The smallest absolute Gasteiger partial charge is 0.216 e. The highest BCUT2D eigenvalue weighted by molar-refractivity contribution is 7.95. The third kappa shape index (κ3) is 3.48. The number of halogens is 1. The Kier molecular flexibility index (Phi) is 4.71. The van der Waals surface area contributed by atoms with Crippen LogP contribution in [0.2, 0.25) is 5.02 Å². The van der Waals surface area contributed by atoms with Gasteiger partial charge in [0.1, 0.15) is 24.2 Å². The third-order valence-corrected chi connectivity index (χ3v) is 5.61. The van der Waals surface area contributed by atoms with Crippen LogP contribution in [0.25, 0.3) is 6.08 Å². The predicted molar refractivity (Wildman–Crippen MR) is 94.4 cm³/mol. The molecule has 7 heteroatoms. The van der Waals surface area contributed by atoms with Crippen LogP contribution in [0.5, 0.6) is 11.5 Å². The van der Waals surface area contributed by atoms with Crippen LogP contribution in [-0.2, 0) is 9.84 Å². The van der Waals surface area contributed by atoms with Gasteiger partial charge < -0.3 is 9.47 Å².